The number of allylic oxidation sites excluding steroid dienone is 5. The Morgan fingerprint density at radius 3 is 2.61 bits per heavy atom. The second-order valence-corrected chi connectivity index (χ2v) is 4.78. The first-order chi connectivity index (χ1) is 8.36. The summed E-state index contributed by atoms with van der Waals surface area (Å²) in [6.07, 6.45) is -0.222. The molecule has 7 heteroatoms. The van der Waals surface area contributed by atoms with Gasteiger partial charge in [-0.3, -0.25) is 14.9 Å². The predicted molar refractivity (Wildman–Crippen MR) is 60.7 cm³/mol. The van der Waals surface area contributed by atoms with E-state index in [4.69, 9.17) is 0 Å². The van der Waals surface area contributed by atoms with Gasteiger partial charge in [0, 0.05) is 5.57 Å². The van der Waals surface area contributed by atoms with Gasteiger partial charge in [0.05, 0.1) is 4.91 Å². The first-order valence-corrected chi connectivity index (χ1v) is 5.91. The second kappa shape index (κ2) is 4.64. The van der Waals surface area contributed by atoms with Gasteiger partial charge in [0.1, 0.15) is 0 Å². The van der Waals surface area contributed by atoms with Gasteiger partial charge in [-0.1, -0.05) is 6.08 Å². The Labute approximate surface area is 105 Å². The first kappa shape index (κ1) is 12.9. The lowest BCUT2D eigenvalue weighted by Gasteiger charge is -2.14. The molecule has 0 aromatic heterocycles. The van der Waals surface area contributed by atoms with Crippen molar-refractivity contribution in [1.29, 1.82) is 0 Å². The minimum absolute atomic E-state index is 0.0611. The van der Waals surface area contributed by atoms with E-state index in [0.717, 1.165) is 6.08 Å². The molecule has 2 rings (SSSR count). The van der Waals surface area contributed by atoms with Crippen LogP contribution in [0.2, 0.25) is 0 Å². The van der Waals surface area contributed by atoms with Crippen molar-refractivity contribution >= 4 is 22.9 Å². The van der Waals surface area contributed by atoms with E-state index < -0.39 is 22.9 Å². The molecule has 1 heterocycles. The molecule has 1 fully saturated rings. The number of alkyl halides is 3. The second-order valence-electron chi connectivity index (χ2n) is 3.76. The third kappa shape index (κ3) is 2.84. The zero-order valence-electron chi connectivity index (χ0n) is 9.00. The number of amides is 2. The number of nitrogens with one attached hydrogen (secondary N) is 1. The van der Waals surface area contributed by atoms with E-state index in [1.165, 1.54) is 6.08 Å². The van der Waals surface area contributed by atoms with Gasteiger partial charge in [-0.05, 0) is 42.3 Å². The summed E-state index contributed by atoms with van der Waals surface area (Å²) in [5.41, 5.74) is -0.312. The monoisotopic (exact) mass is 275 g/mol. The number of carbonyl (C=O) groups excluding carboxylic acids is 2. The Hall–Kier alpha value is -1.50. The van der Waals surface area contributed by atoms with E-state index in [9.17, 15) is 22.8 Å². The maximum Gasteiger partial charge on any atom is 0.412 e. The molecular formula is C11H8F3NO2S. The Kier molecular flexibility index (Phi) is 3.34. The third-order valence-electron chi connectivity index (χ3n) is 2.44. The molecule has 1 N–H and O–H groups in total. The van der Waals surface area contributed by atoms with Crippen molar-refractivity contribution in [1.82, 2.24) is 5.32 Å². The number of halogens is 3. The summed E-state index contributed by atoms with van der Waals surface area (Å²) >= 11 is 0.686. The molecule has 1 saturated heterocycles. The highest BCUT2D eigenvalue weighted by Crippen LogP contribution is 2.34. The Morgan fingerprint density at radius 2 is 2.06 bits per heavy atom. The summed E-state index contributed by atoms with van der Waals surface area (Å²) in [7, 11) is 0. The summed E-state index contributed by atoms with van der Waals surface area (Å²) in [4.78, 5) is 22.3. The number of rotatable bonds is 1. The average molecular weight is 275 g/mol. The highest BCUT2D eigenvalue weighted by Gasteiger charge is 2.34. The van der Waals surface area contributed by atoms with Crippen LogP contribution in [0.4, 0.5) is 18.0 Å². The van der Waals surface area contributed by atoms with Crippen molar-refractivity contribution < 1.29 is 22.8 Å². The lowest BCUT2D eigenvalue weighted by atomic mass is 9.99. The number of hydrogen-bond donors (Lipinski definition) is 1. The van der Waals surface area contributed by atoms with Gasteiger partial charge in [0.15, 0.2) is 0 Å². The average Bonchev–Trinajstić information content (AvgIpc) is 2.56. The maximum atomic E-state index is 12.5. The summed E-state index contributed by atoms with van der Waals surface area (Å²) in [6.45, 7) is 0. The molecule has 0 bridgehead atoms. The van der Waals surface area contributed by atoms with Gasteiger partial charge in [0.2, 0.25) is 0 Å². The van der Waals surface area contributed by atoms with Gasteiger partial charge >= 0.3 is 6.18 Å². The van der Waals surface area contributed by atoms with Crippen molar-refractivity contribution in [2.45, 2.75) is 19.0 Å². The van der Waals surface area contributed by atoms with E-state index in [-0.39, 0.29) is 17.7 Å². The van der Waals surface area contributed by atoms with Crippen molar-refractivity contribution in [3.05, 3.63) is 34.3 Å². The van der Waals surface area contributed by atoms with Crippen LogP contribution in [0.15, 0.2) is 34.3 Å². The largest absolute Gasteiger partial charge is 0.412 e. The molecule has 0 radical (unpaired) electrons. The van der Waals surface area contributed by atoms with Crippen molar-refractivity contribution in [2.75, 3.05) is 0 Å². The Bertz CT molecular complexity index is 503. The fraction of sp³-hybridized carbons (Fsp3) is 0.273. The summed E-state index contributed by atoms with van der Waals surface area (Å²) in [5, 5.41) is 1.53. The van der Waals surface area contributed by atoms with E-state index in [1.54, 1.807) is 6.08 Å². The lowest BCUT2D eigenvalue weighted by molar-refractivity contribution is -0.115. The number of imide groups is 1. The van der Waals surface area contributed by atoms with E-state index in [2.05, 4.69) is 0 Å². The molecule has 96 valence electrons. The van der Waals surface area contributed by atoms with Gasteiger partial charge in [-0.15, -0.1) is 0 Å². The van der Waals surface area contributed by atoms with Crippen LogP contribution in [-0.4, -0.2) is 17.3 Å². The molecule has 0 atom stereocenters. The third-order valence-corrected chi connectivity index (χ3v) is 3.25. The number of carbonyl (C=O) groups is 2. The van der Waals surface area contributed by atoms with Gasteiger partial charge < -0.3 is 0 Å². The standard InChI is InChI=1S/C11H8F3NO2S/c12-11(13,14)7-3-1-2-6(4-7)5-8-9(16)15-10(17)18-8/h2,4-5H,1,3H2,(H,15,16,17)/b8-5-. The quantitative estimate of drug-likeness (QED) is 0.748. The van der Waals surface area contributed by atoms with Crippen LogP contribution in [0.5, 0.6) is 0 Å². The van der Waals surface area contributed by atoms with Crippen LogP contribution in [-0.2, 0) is 4.79 Å². The zero-order chi connectivity index (χ0) is 13.3. The molecule has 18 heavy (non-hydrogen) atoms. The topological polar surface area (TPSA) is 46.2 Å². The molecule has 0 unspecified atom stereocenters. The molecule has 2 aliphatic rings. The fourth-order valence-electron chi connectivity index (χ4n) is 1.62. The van der Waals surface area contributed by atoms with Crippen LogP contribution < -0.4 is 5.32 Å². The molecule has 0 aromatic rings. The van der Waals surface area contributed by atoms with Crippen LogP contribution in [0, 0.1) is 0 Å². The van der Waals surface area contributed by atoms with Gasteiger partial charge in [-0.25, -0.2) is 0 Å². The normalized spacial score (nSPS) is 22.9. The highest BCUT2D eigenvalue weighted by atomic mass is 32.2. The van der Waals surface area contributed by atoms with Gasteiger partial charge in [0.25, 0.3) is 11.1 Å². The lowest BCUT2D eigenvalue weighted by Crippen LogP contribution is -2.18. The summed E-state index contributed by atoms with van der Waals surface area (Å²) in [6, 6.07) is 0. The SMILES string of the molecule is O=C1NC(=O)/C(=C/C2=CCCC(C(F)(F)F)=C2)S1. The van der Waals surface area contributed by atoms with E-state index in [0.29, 0.717) is 17.3 Å². The van der Waals surface area contributed by atoms with Gasteiger partial charge in [-0.2, -0.15) is 13.2 Å². The van der Waals surface area contributed by atoms with Crippen LogP contribution in [0.25, 0.3) is 0 Å². The first-order valence-electron chi connectivity index (χ1n) is 5.09. The molecule has 0 aromatic carbocycles. The minimum atomic E-state index is -4.35. The van der Waals surface area contributed by atoms with Crippen molar-refractivity contribution in [2.24, 2.45) is 0 Å². The van der Waals surface area contributed by atoms with Crippen molar-refractivity contribution in [3.8, 4) is 0 Å². The smallest absolute Gasteiger partial charge is 0.282 e. The predicted octanol–water partition coefficient (Wildman–Crippen LogP) is 3.06. The van der Waals surface area contributed by atoms with E-state index >= 15 is 0 Å². The molecule has 3 nitrogen and oxygen atoms in total. The molecular weight excluding hydrogens is 267 g/mol. The molecule has 2 amide bonds. The zero-order valence-corrected chi connectivity index (χ0v) is 9.82. The molecule has 1 aliphatic heterocycles. The molecule has 0 saturated carbocycles. The number of thioether (sulfide) groups is 1. The van der Waals surface area contributed by atoms with Crippen LogP contribution in [0.3, 0.4) is 0 Å². The Balaban J connectivity index is 2.23. The summed E-state index contributed by atoms with van der Waals surface area (Å²) < 4.78 is 37.5. The van der Waals surface area contributed by atoms with Crippen LogP contribution in [0.1, 0.15) is 12.8 Å². The molecule has 0 spiro atoms. The minimum Gasteiger partial charge on any atom is -0.282 e. The highest BCUT2D eigenvalue weighted by molar-refractivity contribution is 8.18. The van der Waals surface area contributed by atoms with Crippen molar-refractivity contribution in [3.63, 3.8) is 0 Å². The van der Waals surface area contributed by atoms with E-state index in [1.807, 2.05) is 5.32 Å². The van der Waals surface area contributed by atoms with Crippen LogP contribution >= 0.6 is 11.8 Å². The summed E-state index contributed by atoms with van der Waals surface area (Å²) in [5.74, 6) is -0.571. The number of hydrogen-bond acceptors (Lipinski definition) is 3. The fourth-order valence-corrected chi connectivity index (χ4v) is 2.31. The molecule has 1 aliphatic carbocycles. The maximum absolute atomic E-state index is 12.5. The Morgan fingerprint density at radius 1 is 1.33 bits per heavy atom.